The molecule has 1 N–H and O–H groups in total. The molecule has 0 amide bonds. The van der Waals surface area contributed by atoms with Crippen molar-refractivity contribution < 1.29 is 26.9 Å². The van der Waals surface area contributed by atoms with Gasteiger partial charge in [0.05, 0.1) is 28.3 Å². The highest BCUT2D eigenvalue weighted by Gasteiger charge is 2.49. The molecule has 0 saturated heterocycles. The third-order valence-electron chi connectivity index (χ3n) is 3.02. The van der Waals surface area contributed by atoms with E-state index in [0.29, 0.717) is 6.42 Å². The average Bonchev–Trinajstić information content (AvgIpc) is 2.36. The summed E-state index contributed by atoms with van der Waals surface area (Å²) < 4.78 is 58.6. The minimum Gasteiger partial charge on any atom is -0.465 e. The molecular weight excluding hydrogens is 331 g/mol. The number of ether oxygens (including phenoxy) is 1. The largest absolute Gasteiger partial charge is 0.465 e. The lowest BCUT2D eigenvalue weighted by atomic mass is 9.90. The Morgan fingerprint density at radius 2 is 1.74 bits per heavy atom. The zero-order chi connectivity index (χ0) is 18.4. The van der Waals surface area contributed by atoms with Crippen LogP contribution in [0.15, 0.2) is 0 Å². The van der Waals surface area contributed by atoms with Crippen molar-refractivity contribution in [2.24, 2.45) is 11.8 Å². The van der Waals surface area contributed by atoms with Crippen molar-refractivity contribution >= 4 is 17.0 Å². The van der Waals surface area contributed by atoms with Crippen molar-refractivity contribution in [3.63, 3.8) is 0 Å². The third kappa shape index (κ3) is 8.15. The molecule has 0 radical (unpaired) electrons. The summed E-state index contributed by atoms with van der Waals surface area (Å²) in [6, 6.07) is -2.20. The van der Waals surface area contributed by atoms with Gasteiger partial charge in [-0.05, 0) is 39.5 Å². The minimum absolute atomic E-state index is 0.00106. The first kappa shape index (κ1) is 22.4. The van der Waals surface area contributed by atoms with Gasteiger partial charge in [-0.2, -0.15) is 13.2 Å². The maximum Gasteiger partial charge on any atom is 0.405 e. The summed E-state index contributed by atoms with van der Waals surface area (Å²) in [7, 11) is -1.95. The molecule has 23 heavy (non-hydrogen) atoms. The number of carbonyl (C=O) groups excluding carboxylic acids is 1. The van der Waals surface area contributed by atoms with Crippen LogP contribution >= 0.6 is 0 Å². The molecule has 0 aliphatic heterocycles. The summed E-state index contributed by atoms with van der Waals surface area (Å²) in [5.74, 6) is -2.46. The fourth-order valence-corrected chi connectivity index (χ4v) is 2.74. The molecule has 0 aliphatic rings. The highest BCUT2D eigenvalue weighted by atomic mass is 32.2. The van der Waals surface area contributed by atoms with Gasteiger partial charge >= 0.3 is 12.1 Å². The van der Waals surface area contributed by atoms with E-state index in [9.17, 15) is 22.2 Å². The van der Waals surface area contributed by atoms with Crippen molar-refractivity contribution in [1.29, 1.82) is 0 Å². The molecule has 0 saturated carbocycles. The van der Waals surface area contributed by atoms with Gasteiger partial charge in [-0.1, -0.05) is 20.8 Å². The van der Waals surface area contributed by atoms with Gasteiger partial charge in [-0.25, -0.2) is 8.93 Å². The van der Waals surface area contributed by atoms with Crippen molar-refractivity contribution in [3.05, 3.63) is 0 Å². The van der Waals surface area contributed by atoms with Crippen molar-refractivity contribution in [3.8, 4) is 0 Å². The zero-order valence-corrected chi connectivity index (χ0v) is 15.4. The molecule has 0 aromatic heterocycles. The summed E-state index contributed by atoms with van der Waals surface area (Å²) in [5, 5.41) is 0. The first-order valence-corrected chi connectivity index (χ1v) is 8.87. The summed E-state index contributed by atoms with van der Waals surface area (Å²) in [6.45, 7) is 9.99. The second-order valence-electron chi connectivity index (χ2n) is 6.92. The van der Waals surface area contributed by atoms with Crippen LogP contribution in [0.1, 0.15) is 54.4 Å². The highest BCUT2D eigenvalue weighted by Crippen LogP contribution is 2.31. The smallest absolute Gasteiger partial charge is 0.405 e. The van der Waals surface area contributed by atoms with Crippen LogP contribution in [0.3, 0.4) is 0 Å². The third-order valence-corrected chi connectivity index (χ3v) is 4.60. The Balaban J connectivity index is 5.47. The van der Waals surface area contributed by atoms with E-state index in [1.54, 1.807) is 41.5 Å². The quantitative estimate of drug-likeness (QED) is 0.674. The predicted molar refractivity (Wildman–Crippen MR) is 85.1 cm³/mol. The lowest BCUT2D eigenvalue weighted by Crippen LogP contribution is -2.54. The lowest BCUT2D eigenvalue weighted by Gasteiger charge is -2.31. The SMILES string of the molecule is CCCOC(=O)[C@H](CC(C)C)[C@@H](N[S@](=O)C(C)(C)C)C(F)(F)F. The molecule has 4 nitrogen and oxygen atoms in total. The first-order valence-electron chi connectivity index (χ1n) is 7.72. The van der Waals surface area contributed by atoms with E-state index in [0.717, 1.165) is 0 Å². The average molecular weight is 359 g/mol. The second-order valence-corrected chi connectivity index (χ2v) is 8.92. The molecule has 0 aromatic rings. The van der Waals surface area contributed by atoms with Gasteiger partial charge in [-0.15, -0.1) is 0 Å². The number of halogens is 3. The Bertz CT molecular complexity index is 406. The Morgan fingerprint density at radius 1 is 1.22 bits per heavy atom. The number of hydrogen-bond donors (Lipinski definition) is 1. The van der Waals surface area contributed by atoms with Gasteiger partial charge in [0, 0.05) is 0 Å². The Hall–Kier alpha value is -0.630. The number of nitrogens with one attached hydrogen (secondary N) is 1. The van der Waals surface area contributed by atoms with E-state index in [-0.39, 0.29) is 18.9 Å². The van der Waals surface area contributed by atoms with Crippen LogP contribution in [0.5, 0.6) is 0 Å². The van der Waals surface area contributed by atoms with Crippen LogP contribution < -0.4 is 4.72 Å². The molecule has 0 spiro atoms. The van der Waals surface area contributed by atoms with Gasteiger partial charge < -0.3 is 4.74 Å². The number of carbonyl (C=O) groups is 1. The van der Waals surface area contributed by atoms with Crippen LogP contribution in [0.2, 0.25) is 0 Å². The summed E-state index contributed by atoms with van der Waals surface area (Å²) in [4.78, 5) is 12.1. The van der Waals surface area contributed by atoms with Gasteiger partial charge in [0.25, 0.3) is 0 Å². The molecule has 3 atom stereocenters. The maximum absolute atomic E-state index is 13.4. The van der Waals surface area contributed by atoms with Gasteiger partial charge in [0.2, 0.25) is 0 Å². The number of rotatable bonds is 8. The van der Waals surface area contributed by atoms with Gasteiger partial charge in [0.1, 0.15) is 6.04 Å². The Labute approximate surface area is 139 Å². The van der Waals surface area contributed by atoms with E-state index in [2.05, 4.69) is 4.72 Å². The fourth-order valence-electron chi connectivity index (χ4n) is 1.86. The van der Waals surface area contributed by atoms with Crippen LogP contribution in [0, 0.1) is 11.8 Å². The van der Waals surface area contributed by atoms with E-state index in [4.69, 9.17) is 4.74 Å². The molecule has 0 aliphatic carbocycles. The molecule has 0 rings (SSSR count). The molecule has 0 aromatic carbocycles. The zero-order valence-electron chi connectivity index (χ0n) is 14.6. The molecule has 0 fully saturated rings. The van der Waals surface area contributed by atoms with Crippen LogP contribution in [-0.4, -0.2) is 33.8 Å². The minimum atomic E-state index is -4.70. The number of hydrogen-bond acceptors (Lipinski definition) is 3. The van der Waals surface area contributed by atoms with Crippen LogP contribution in [-0.2, 0) is 20.5 Å². The lowest BCUT2D eigenvalue weighted by molar-refractivity contribution is -0.180. The van der Waals surface area contributed by atoms with Crippen molar-refractivity contribution in [2.45, 2.75) is 71.3 Å². The number of esters is 1. The van der Waals surface area contributed by atoms with E-state index < -0.39 is 39.8 Å². The highest BCUT2D eigenvalue weighted by molar-refractivity contribution is 7.84. The first-order chi connectivity index (χ1) is 10.3. The van der Waals surface area contributed by atoms with E-state index in [1.165, 1.54) is 0 Å². The van der Waals surface area contributed by atoms with E-state index >= 15 is 0 Å². The van der Waals surface area contributed by atoms with Crippen molar-refractivity contribution in [1.82, 2.24) is 4.72 Å². The summed E-state index contributed by atoms with van der Waals surface area (Å²) >= 11 is 0. The van der Waals surface area contributed by atoms with Crippen LogP contribution in [0.4, 0.5) is 13.2 Å². The summed E-state index contributed by atoms with van der Waals surface area (Å²) in [6.07, 6.45) is -4.18. The topological polar surface area (TPSA) is 55.4 Å². The molecule has 0 unspecified atom stereocenters. The van der Waals surface area contributed by atoms with Gasteiger partial charge in [0.15, 0.2) is 0 Å². The molecule has 0 heterocycles. The normalized spacial score (nSPS) is 17.0. The molecule has 0 bridgehead atoms. The second kappa shape index (κ2) is 9.01. The monoisotopic (exact) mass is 359 g/mol. The standard InChI is InChI=1S/C15H28F3NO3S/c1-7-8-22-13(20)11(9-10(2)3)12(15(16,17)18)19-23(21)14(4,5)6/h10-12,19H,7-9H2,1-6H3/t11-,12-,23-/m1/s1. The number of alkyl halides is 3. The van der Waals surface area contributed by atoms with Gasteiger partial charge in [-0.3, -0.25) is 4.79 Å². The molecule has 138 valence electrons. The fraction of sp³-hybridized carbons (Fsp3) is 0.933. The Kier molecular flexibility index (Phi) is 8.76. The summed E-state index contributed by atoms with van der Waals surface area (Å²) in [5.41, 5.74) is 0. The van der Waals surface area contributed by atoms with Crippen molar-refractivity contribution in [2.75, 3.05) is 6.61 Å². The van der Waals surface area contributed by atoms with Crippen LogP contribution in [0.25, 0.3) is 0 Å². The Morgan fingerprint density at radius 3 is 2.09 bits per heavy atom. The molecular formula is C15H28F3NO3S. The predicted octanol–water partition coefficient (Wildman–Crippen LogP) is 3.58. The molecule has 8 heteroatoms. The maximum atomic E-state index is 13.4. The van der Waals surface area contributed by atoms with E-state index in [1.807, 2.05) is 0 Å².